The van der Waals surface area contributed by atoms with Crippen molar-refractivity contribution in [1.82, 2.24) is 5.32 Å². The summed E-state index contributed by atoms with van der Waals surface area (Å²) in [5.74, 6) is -2.45. The van der Waals surface area contributed by atoms with Crippen molar-refractivity contribution in [1.29, 1.82) is 0 Å². The number of rotatable bonds is 4. The third kappa shape index (κ3) is 5.20. The molecule has 7 heteroatoms. The number of benzene rings is 1. The third-order valence-electron chi connectivity index (χ3n) is 4.11. The van der Waals surface area contributed by atoms with E-state index in [-0.39, 0.29) is 24.8 Å². The number of halogens is 4. The molecule has 0 spiro atoms. The predicted octanol–water partition coefficient (Wildman–Crippen LogP) is 3.49. The predicted molar refractivity (Wildman–Crippen MR) is 75.9 cm³/mol. The van der Waals surface area contributed by atoms with Gasteiger partial charge in [0.15, 0.2) is 0 Å². The van der Waals surface area contributed by atoms with E-state index in [4.69, 9.17) is 0 Å². The van der Waals surface area contributed by atoms with Crippen LogP contribution in [0.2, 0.25) is 0 Å². The van der Waals surface area contributed by atoms with Crippen molar-refractivity contribution in [2.24, 2.45) is 5.92 Å². The topological polar surface area (TPSA) is 49.3 Å². The molecule has 0 heterocycles. The third-order valence-corrected chi connectivity index (χ3v) is 4.11. The van der Waals surface area contributed by atoms with Crippen molar-refractivity contribution in [3.8, 4) is 0 Å². The van der Waals surface area contributed by atoms with Crippen LogP contribution in [0.3, 0.4) is 0 Å². The molecular weight excluding hydrogens is 314 g/mol. The monoisotopic (exact) mass is 333 g/mol. The molecule has 3 nitrogen and oxygen atoms in total. The van der Waals surface area contributed by atoms with E-state index in [1.165, 1.54) is 18.2 Å². The highest BCUT2D eigenvalue weighted by atomic mass is 19.4. The largest absolute Gasteiger partial charge is 0.391 e. The molecule has 2 N–H and O–H groups in total. The number of hydrogen-bond acceptors (Lipinski definition) is 2. The van der Waals surface area contributed by atoms with Crippen LogP contribution in [0.5, 0.6) is 0 Å². The van der Waals surface area contributed by atoms with Crippen molar-refractivity contribution in [2.75, 3.05) is 0 Å². The van der Waals surface area contributed by atoms with Crippen molar-refractivity contribution in [2.45, 2.75) is 50.4 Å². The number of amides is 1. The van der Waals surface area contributed by atoms with Gasteiger partial charge in [-0.3, -0.25) is 4.79 Å². The highest BCUT2D eigenvalue weighted by molar-refractivity contribution is 5.77. The summed E-state index contributed by atoms with van der Waals surface area (Å²) in [5, 5.41) is 12.5. The zero-order valence-electron chi connectivity index (χ0n) is 12.4. The van der Waals surface area contributed by atoms with Gasteiger partial charge in [-0.25, -0.2) is 4.39 Å². The summed E-state index contributed by atoms with van der Waals surface area (Å²) in [4.78, 5) is 11.9. The quantitative estimate of drug-likeness (QED) is 0.829. The second-order valence-electron chi connectivity index (χ2n) is 5.94. The smallest absolute Gasteiger partial charge is 0.388 e. The lowest BCUT2D eigenvalue weighted by molar-refractivity contribution is -0.184. The molecule has 0 aliphatic heterocycles. The summed E-state index contributed by atoms with van der Waals surface area (Å²) < 4.78 is 51.3. The first-order valence-corrected chi connectivity index (χ1v) is 7.55. The van der Waals surface area contributed by atoms with E-state index in [0.29, 0.717) is 12.8 Å². The molecule has 1 aliphatic rings. The minimum Gasteiger partial charge on any atom is -0.388 e. The molecule has 23 heavy (non-hydrogen) atoms. The highest BCUT2D eigenvalue weighted by Crippen LogP contribution is 2.37. The van der Waals surface area contributed by atoms with Gasteiger partial charge in [0, 0.05) is 6.04 Å². The molecule has 1 fully saturated rings. The van der Waals surface area contributed by atoms with Crippen molar-refractivity contribution < 1.29 is 27.5 Å². The first-order chi connectivity index (χ1) is 10.8. The fourth-order valence-electron chi connectivity index (χ4n) is 2.91. The lowest BCUT2D eigenvalue weighted by Gasteiger charge is -2.31. The van der Waals surface area contributed by atoms with Gasteiger partial charge in [-0.05, 0) is 37.0 Å². The summed E-state index contributed by atoms with van der Waals surface area (Å²) in [5.41, 5.74) is 0.261. The van der Waals surface area contributed by atoms with E-state index in [1.54, 1.807) is 0 Å². The Labute approximate surface area is 131 Å². The van der Waals surface area contributed by atoms with Gasteiger partial charge in [-0.1, -0.05) is 18.6 Å². The van der Waals surface area contributed by atoms with E-state index in [2.05, 4.69) is 5.32 Å². The molecule has 128 valence electrons. The number of carbonyl (C=O) groups excluding carboxylic acids is 1. The van der Waals surface area contributed by atoms with Gasteiger partial charge < -0.3 is 10.4 Å². The van der Waals surface area contributed by atoms with Gasteiger partial charge in [-0.2, -0.15) is 13.2 Å². The molecule has 1 aromatic rings. The molecule has 0 radical (unpaired) electrons. The van der Waals surface area contributed by atoms with Crippen molar-refractivity contribution in [3.05, 3.63) is 35.6 Å². The van der Waals surface area contributed by atoms with Crippen LogP contribution >= 0.6 is 0 Å². The average Bonchev–Trinajstić information content (AvgIpc) is 2.46. The van der Waals surface area contributed by atoms with Gasteiger partial charge in [0.25, 0.3) is 0 Å². The maximum Gasteiger partial charge on any atom is 0.391 e. The summed E-state index contributed by atoms with van der Waals surface area (Å²) >= 11 is 0. The Balaban J connectivity index is 1.87. The van der Waals surface area contributed by atoms with Crippen LogP contribution in [0.4, 0.5) is 17.6 Å². The van der Waals surface area contributed by atoms with E-state index in [1.807, 2.05) is 0 Å². The van der Waals surface area contributed by atoms with Crippen LogP contribution in [-0.4, -0.2) is 23.2 Å². The Morgan fingerprint density at radius 1 is 1.35 bits per heavy atom. The average molecular weight is 333 g/mol. The Bertz CT molecular complexity index is 547. The van der Waals surface area contributed by atoms with Gasteiger partial charge >= 0.3 is 6.18 Å². The number of nitrogens with one attached hydrogen (secondary N) is 1. The van der Waals surface area contributed by atoms with E-state index < -0.39 is 36.0 Å². The molecule has 3 unspecified atom stereocenters. The van der Waals surface area contributed by atoms with Crippen molar-refractivity contribution >= 4 is 5.91 Å². The first-order valence-electron chi connectivity index (χ1n) is 7.55. The second-order valence-corrected chi connectivity index (χ2v) is 5.94. The molecule has 0 aromatic heterocycles. The number of aliphatic hydroxyl groups is 1. The Morgan fingerprint density at radius 3 is 2.74 bits per heavy atom. The van der Waals surface area contributed by atoms with Gasteiger partial charge in [0.2, 0.25) is 5.91 Å². The van der Waals surface area contributed by atoms with Crippen LogP contribution in [0.25, 0.3) is 0 Å². The van der Waals surface area contributed by atoms with Crippen LogP contribution in [0.1, 0.15) is 43.8 Å². The lowest BCUT2D eigenvalue weighted by atomic mass is 9.85. The SMILES string of the molecule is O=C(CC(O)c1cccc(F)c1)NC1CCCC(C(F)(F)F)C1. The van der Waals surface area contributed by atoms with Gasteiger partial charge in [0.05, 0.1) is 18.4 Å². The molecule has 3 atom stereocenters. The Kier molecular flexibility index (Phi) is 5.62. The van der Waals surface area contributed by atoms with Crippen molar-refractivity contribution in [3.63, 3.8) is 0 Å². The zero-order valence-corrected chi connectivity index (χ0v) is 12.4. The van der Waals surface area contributed by atoms with E-state index in [0.717, 1.165) is 6.07 Å². The summed E-state index contributed by atoms with van der Waals surface area (Å²) in [6.07, 6.45) is -4.89. The van der Waals surface area contributed by atoms with Crippen LogP contribution in [0, 0.1) is 11.7 Å². The number of alkyl halides is 3. The fourth-order valence-corrected chi connectivity index (χ4v) is 2.91. The molecule has 0 bridgehead atoms. The molecule has 1 amide bonds. The first kappa shape index (κ1) is 17.7. The lowest BCUT2D eigenvalue weighted by Crippen LogP contribution is -2.41. The minimum absolute atomic E-state index is 0.0851. The molecule has 2 rings (SSSR count). The molecule has 1 aliphatic carbocycles. The molecule has 0 saturated heterocycles. The van der Waals surface area contributed by atoms with Crippen LogP contribution < -0.4 is 5.32 Å². The number of aliphatic hydroxyl groups excluding tert-OH is 1. The Hall–Kier alpha value is -1.63. The van der Waals surface area contributed by atoms with Gasteiger partial charge in [0.1, 0.15) is 5.82 Å². The molecule has 1 saturated carbocycles. The van der Waals surface area contributed by atoms with E-state index >= 15 is 0 Å². The minimum atomic E-state index is -4.25. The summed E-state index contributed by atoms with van der Waals surface area (Å²) in [6, 6.07) is 4.71. The maximum absolute atomic E-state index is 13.1. The Morgan fingerprint density at radius 2 is 2.09 bits per heavy atom. The molecule has 1 aromatic carbocycles. The normalized spacial score (nSPS) is 23.3. The van der Waals surface area contributed by atoms with Crippen LogP contribution in [0.15, 0.2) is 24.3 Å². The fraction of sp³-hybridized carbons (Fsp3) is 0.562. The van der Waals surface area contributed by atoms with Crippen LogP contribution in [-0.2, 0) is 4.79 Å². The maximum atomic E-state index is 13.1. The van der Waals surface area contributed by atoms with Gasteiger partial charge in [-0.15, -0.1) is 0 Å². The summed E-state index contributed by atoms with van der Waals surface area (Å²) in [7, 11) is 0. The highest BCUT2D eigenvalue weighted by Gasteiger charge is 2.42. The molecular formula is C16H19F4NO2. The second kappa shape index (κ2) is 7.29. The summed E-state index contributed by atoms with van der Waals surface area (Å²) in [6.45, 7) is 0. The number of carbonyl (C=O) groups is 1. The standard InChI is InChI=1S/C16H19F4NO2/c17-12-5-1-3-10(7-12)14(22)9-15(23)21-13-6-2-4-11(8-13)16(18,19)20/h1,3,5,7,11,13-14,22H,2,4,6,8-9H2,(H,21,23). The number of hydrogen-bond donors (Lipinski definition) is 2. The van der Waals surface area contributed by atoms with E-state index in [9.17, 15) is 27.5 Å². The zero-order chi connectivity index (χ0) is 17.0.